The van der Waals surface area contributed by atoms with E-state index in [2.05, 4.69) is 20.1 Å². The quantitative estimate of drug-likeness (QED) is 0.448. The van der Waals surface area contributed by atoms with E-state index in [0.717, 1.165) is 12.1 Å². The second kappa shape index (κ2) is 10.7. The van der Waals surface area contributed by atoms with E-state index in [1.807, 2.05) is 44.2 Å². The Bertz CT molecular complexity index is 1060. The van der Waals surface area contributed by atoms with Gasteiger partial charge < -0.3 is 19.8 Å². The summed E-state index contributed by atoms with van der Waals surface area (Å²) in [5.41, 5.74) is 0.769. The van der Waals surface area contributed by atoms with Crippen LogP contribution in [0.15, 0.2) is 55.6 Å². The second-order valence-corrected chi connectivity index (χ2v) is 12.7. The number of nitrogens with zero attached hydrogens (tertiary/aromatic N) is 3. The third-order valence-electron chi connectivity index (χ3n) is 8.21. The minimum atomic E-state index is -0.677. The zero-order chi connectivity index (χ0) is 27.0. The van der Waals surface area contributed by atoms with Crippen molar-refractivity contribution in [2.75, 3.05) is 31.1 Å². The normalized spacial score (nSPS) is 29.9. The van der Waals surface area contributed by atoms with Crippen LogP contribution in [0.2, 0.25) is 0 Å². The number of hydrogen-bond acceptors (Lipinski definition) is 5. The van der Waals surface area contributed by atoms with E-state index in [9.17, 15) is 19.5 Å². The summed E-state index contributed by atoms with van der Waals surface area (Å²) >= 11 is 1.67. The van der Waals surface area contributed by atoms with Gasteiger partial charge in [-0.05, 0) is 52.2 Å². The number of carbonyl (C=O) groups excluding carboxylic acids is 3. The molecule has 37 heavy (non-hydrogen) atoms. The molecule has 3 heterocycles. The Morgan fingerprint density at radius 1 is 1.16 bits per heavy atom. The Kier molecular flexibility index (Phi) is 7.91. The number of aliphatic hydroxyl groups is 1. The zero-order valence-electron chi connectivity index (χ0n) is 22.1. The number of aliphatic hydroxyl groups excluding tert-OH is 1. The number of carbonyl (C=O) groups is 3. The minimum Gasteiger partial charge on any atom is -0.396 e. The lowest BCUT2D eigenvalue weighted by Gasteiger charge is -2.39. The van der Waals surface area contributed by atoms with Gasteiger partial charge in [-0.15, -0.1) is 24.9 Å². The molecule has 1 aromatic rings. The molecule has 3 amide bonds. The number of amides is 3. The van der Waals surface area contributed by atoms with Gasteiger partial charge in [-0.2, -0.15) is 0 Å². The molecule has 200 valence electrons. The summed E-state index contributed by atoms with van der Waals surface area (Å²) in [6.07, 6.45) is 5.26. The van der Waals surface area contributed by atoms with E-state index in [0.29, 0.717) is 25.9 Å². The van der Waals surface area contributed by atoms with Crippen molar-refractivity contribution >= 4 is 35.2 Å². The summed E-state index contributed by atoms with van der Waals surface area (Å²) in [4.78, 5) is 47.8. The van der Waals surface area contributed by atoms with Crippen LogP contribution in [0.4, 0.5) is 5.69 Å². The van der Waals surface area contributed by atoms with Crippen LogP contribution in [0, 0.1) is 11.8 Å². The number of hydrogen-bond donors (Lipinski definition) is 1. The standard InChI is InChI=1S/C29H39N3O4S/c1-6-16-30(20(3)4)27(36)24-29-15-14-28(5,37-29)22(23(29)26(35)32(24)18-11-19-33)25(34)31(17-7-2)21-12-9-8-10-13-21/h6-10,12-13,20,22-24,33H,1-2,11,14-19H2,3-5H3/t22-,23-,24?,28+,29?/m0/s1. The Morgan fingerprint density at radius 2 is 1.84 bits per heavy atom. The molecule has 3 aliphatic heterocycles. The molecule has 8 heteroatoms. The molecule has 0 aromatic heterocycles. The van der Waals surface area contributed by atoms with Crippen molar-refractivity contribution in [2.45, 2.75) is 61.6 Å². The van der Waals surface area contributed by atoms with Crippen LogP contribution in [0.1, 0.15) is 40.0 Å². The fraction of sp³-hybridized carbons (Fsp3) is 0.552. The molecule has 3 fully saturated rings. The lowest BCUT2D eigenvalue weighted by molar-refractivity contribution is -0.143. The van der Waals surface area contributed by atoms with E-state index < -0.39 is 27.4 Å². The van der Waals surface area contributed by atoms with Crippen LogP contribution in [0.3, 0.4) is 0 Å². The summed E-state index contributed by atoms with van der Waals surface area (Å²) in [6, 6.07) is 8.75. The van der Waals surface area contributed by atoms with E-state index in [1.54, 1.807) is 38.6 Å². The van der Waals surface area contributed by atoms with Crippen molar-refractivity contribution in [2.24, 2.45) is 11.8 Å². The average molecular weight is 526 g/mol. The van der Waals surface area contributed by atoms with Gasteiger partial charge in [-0.25, -0.2) is 0 Å². The van der Waals surface area contributed by atoms with Gasteiger partial charge in [0.15, 0.2) is 0 Å². The highest BCUT2D eigenvalue weighted by Crippen LogP contribution is 2.71. The maximum atomic E-state index is 14.3. The summed E-state index contributed by atoms with van der Waals surface area (Å²) < 4.78 is -1.13. The molecule has 0 radical (unpaired) electrons. The van der Waals surface area contributed by atoms with Crippen LogP contribution >= 0.6 is 11.8 Å². The molecule has 1 aromatic carbocycles. The van der Waals surface area contributed by atoms with Crippen molar-refractivity contribution in [3.05, 3.63) is 55.6 Å². The first-order valence-electron chi connectivity index (χ1n) is 13.2. The molecule has 3 aliphatic rings. The first-order chi connectivity index (χ1) is 17.7. The first kappa shape index (κ1) is 27.5. The summed E-state index contributed by atoms with van der Waals surface area (Å²) in [5.74, 6) is -1.48. The van der Waals surface area contributed by atoms with Crippen LogP contribution in [0.25, 0.3) is 0 Å². The smallest absolute Gasteiger partial charge is 0.247 e. The second-order valence-electron chi connectivity index (χ2n) is 10.8. The van der Waals surface area contributed by atoms with Crippen molar-refractivity contribution in [3.63, 3.8) is 0 Å². The highest BCUT2D eigenvalue weighted by molar-refractivity contribution is 8.02. The molecule has 5 atom stereocenters. The van der Waals surface area contributed by atoms with Crippen molar-refractivity contribution in [1.29, 1.82) is 0 Å². The highest BCUT2D eigenvalue weighted by Gasteiger charge is 2.77. The van der Waals surface area contributed by atoms with Gasteiger partial charge in [-0.1, -0.05) is 30.4 Å². The maximum Gasteiger partial charge on any atom is 0.247 e. The van der Waals surface area contributed by atoms with Crippen LogP contribution in [-0.2, 0) is 14.4 Å². The fourth-order valence-corrected chi connectivity index (χ4v) is 8.99. The SMILES string of the molecule is C=CCN(C(=O)[C@@H]1[C@H]2C(=O)N(CCCO)C(C(=O)N(CC=C)C(C)C)C23CC[C@@]1(C)S3)c1ccccc1. The van der Waals surface area contributed by atoms with Gasteiger partial charge in [0.2, 0.25) is 17.7 Å². The lowest BCUT2D eigenvalue weighted by Crippen LogP contribution is -2.56. The van der Waals surface area contributed by atoms with Gasteiger partial charge in [0.25, 0.3) is 0 Å². The van der Waals surface area contributed by atoms with Gasteiger partial charge in [0.1, 0.15) is 6.04 Å². The highest BCUT2D eigenvalue weighted by atomic mass is 32.2. The molecule has 4 rings (SSSR count). The van der Waals surface area contributed by atoms with E-state index >= 15 is 0 Å². The molecular weight excluding hydrogens is 486 g/mol. The Balaban J connectivity index is 1.79. The minimum absolute atomic E-state index is 0.0615. The Labute approximate surface area is 224 Å². The summed E-state index contributed by atoms with van der Waals surface area (Å²) in [6.45, 7) is 14.6. The number of anilines is 1. The van der Waals surface area contributed by atoms with Gasteiger partial charge in [-0.3, -0.25) is 14.4 Å². The largest absolute Gasteiger partial charge is 0.396 e. The molecule has 0 saturated carbocycles. The number of para-hydroxylation sites is 1. The predicted molar refractivity (Wildman–Crippen MR) is 148 cm³/mol. The van der Waals surface area contributed by atoms with Crippen LogP contribution in [0.5, 0.6) is 0 Å². The maximum absolute atomic E-state index is 14.3. The van der Waals surface area contributed by atoms with E-state index in [-0.39, 0.29) is 36.9 Å². The van der Waals surface area contributed by atoms with Crippen molar-refractivity contribution < 1.29 is 19.5 Å². The molecule has 2 bridgehead atoms. The third-order valence-corrected chi connectivity index (χ3v) is 10.2. The van der Waals surface area contributed by atoms with Crippen LogP contribution in [-0.4, -0.2) is 80.4 Å². The average Bonchev–Trinajstić information content (AvgIpc) is 3.44. The lowest BCUT2D eigenvalue weighted by atomic mass is 9.66. The van der Waals surface area contributed by atoms with E-state index in [4.69, 9.17) is 0 Å². The van der Waals surface area contributed by atoms with E-state index in [1.165, 1.54) is 0 Å². The number of fused-ring (bicyclic) bond motifs is 1. The first-order valence-corrected chi connectivity index (χ1v) is 14.0. The van der Waals surface area contributed by atoms with Crippen molar-refractivity contribution in [3.8, 4) is 0 Å². The Morgan fingerprint density at radius 3 is 2.43 bits per heavy atom. The molecular formula is C29H39N3O4S. The summed E-state index contributed by atoms with van der Waals surface area (Å²) in [5, 5.41) is 9.57. The third kappa shape index (κ3) is 4.42. The number of benzene rings is 1. The fourth-order valence-electron chi connectivity index (χ4n) is 6.64. The molecule has 7 nitrogen and oxygen atoms in total. The number of thioether (sulfide) groups is 1. The summed E-state index contributed by atoms with van der Waals surface area (Å²) in [7, 11) is 0. The number of rotatable bonds is 11. The topological polar surface area (TPSA) is 81.2 Å². The molecule has 0 aliphatic carbocycles. The molecule has 1 spiro atoms. The van der Waals surface area contributed by atoms with Gasteiger partial charge in [0.05, 0.1) is 16.6 Å². The zero-order valence-corrected chi connectivity index (χ0v) is 23.0. The number of likely N-dealkylation sites (tertiary alicyclic amines) is 1. The predicted octanol–water partition coefficient (Wildman–Crippen LogP) is 3.49. The monoisotopic (exact) mass is 525 g/mol. The van der Waals surface area contributed by atoms with Gasteiger partial charge >= 0.3 is 0 Å². The van der Waals surface area contributed by atoms with Gasteiger partial charge in [0, 0.05) is 42.7 Å². The molecule has 3 saturated heterocycles. The van der Waals surface area contributed by atoms with Crippen LogP contribution < -0.4 is 4.90 Å². The molecule has 1 N–H and O–H groups in total. The Hall–Kier alpha value is -2.58. The molecule has 2 unspecified atom stereocenters. The van der Waals surface area contributed by atoms with Crippen molar-refractivity contribution in [1.82, 2.24) is 9.80 Å².